The molecule has 2 N–H and O–H groups in total. The predicted octanol–water partition coefficient (Wildman–Crippen LogP) is 9.03. The number of nitrogens with zero attached hydrogens (tertiary/aromatic N) is 4. The average Bonchev–Trinajstić information content (AvgIpc) is 3.58. The number of fused-ring (bicyclic) bond motifs is 4. The van der Waals surface area contributed by atoms with E-state index < -0.39 is 86.0 Å². The predicted molar refractivity (Wildman–Crippen MR) is 205 cm³/mol. The van der Waals surface area contributed by atoms with Gasteiger partial charge in [0, 0.05) is 35.5 Å². The number of nitriles is 1. The van der Waals surface area contributed by atoms with Crippen LogP contribution in [0, 0.1) is 28.4 Å². The van der Waals surface area contributed by atoms with E-state index in [1.807, 2.05) is 13.0 Å². The zero-order chi connectivity index (χ0) is 42.2. The SMILES string of the molecule is CCC1(COc2nc(C34CCC(CNC3)N4C(=O)OC(C)(C)C)c3cc(C(F)(F)F)c(-c4ccc(F)c5sc(NC(=O)OC(C)(C)C)c(C#N)c45)c(F)c3n2)COC1. The molecule has 2 amide bonds. The Hall–Kier alpha value is -4.86. The number of amides is 2. The van der Waals surface area contributed by atoms with E-state index in [1.165, 1.54) is 4.90 Å². The molecule has 2 aromatic carbocycles. The van der Waals surface area contributed by atoms with Crippen molar-refractivity contribution in [3.05, 3.63) is 46.7 Å². The summed E-state index contributed by atoms with van der Waals surface area (Å²) >= 11 is 0.592. The van der Waals surface area contributed by atoms with Crippen molar-refractivity contribution in [3.8, 4) is 23.2 Å². The summed E-state index contributed by atoms with van der Waals surface area (Å²) in [4.78, 5) is 37.2. The molecular weight excluding hydrogens is 788 g/mol. The second-order valence-corrected chi connectivity index (χ2v) is 18.1. The van der Waals surface area contributed by atoms with Gasteiger partial charge in [-0.2, -0.15) is 28.4 Å². The van der Waals surface area contributed by atoms with Gasteiger partial charge in [-0.05, 0) is 78.5 Å². The summed E-state index contributed by atoms with van der Waals surface area (Å²) in [6.45, 7) is 13.1. The molecule has 58 heavy (non-hydrogen) atoms. The molecule has 2 atom stereocenters. The quantitative estimate of drug-likeness (QED) is 0.173. The van der Waals surface area contributed by atoms with Gasteiger partial charge < -0.3 is 24.3 Å². The molecule has 3 aliphatic heterocycles. The van der Waals surface area contributed by atoms with Crippen LogP contribution < -0.4 is 15.4 Å². The second kappa shape index (κ2) is 14.5. The number of thiophene rings is 1. The molecule has 3 fully saturated rings. The van der Waals surface area contributed by atoms with E-state index in [-0.39, 0.29) is 51.8 Å². The summed E-state index contributed by atoms with van der Waals surface area (Å²) in [5.41, 5.74) is -7.64. The molecule has 5 heterocycles. The van der Waals surface area contributed by atoms with Gasteiger partial charge in [-0.3, -0.25) is 10.2 Å². The summed E-state index contributed by atoms with van der Waals surface area (Å²) in [6.07, 6.45) is -5.57. The number of piperazine rings is 1. The summed E-state index contributed by atoms with van der Waals surface area (Å²) in [5, 5.41) is 15.1. The Morgan fingerprint density at radius 3 is 2.41 bits per heavy atom. The minimum atomic E-state index is -5.22. The van der Waals surface area contributed by atoms with E-state index in [4.69, 9.17) is 23.9 Å². The zero-order valence-electron chi connectivity index (χ0n) is 33.0. The van der Waals surface area contributed by atoms with Gasteiger partial charge in [0.15, 0.2) is 5.82 Å². The van der Waals surface area contributed by atoms with Crippen LogP contribution in [-0.2, 0) is 25.9 Å². The normalized spacial score (nSPS) is 20.5. The van der Waals surface area contributed by atoms with Gasteiger partial charge in [0.05, 0.1) is 40.1 Å². The first kappa shape index (κ1) is 41.3. The molecule has 12 nitrogen and oxygen atoms in total. The van der Waals surface area contributed by atoms with Crippen LogP contribution in [0.25, 0.3) is 32.1 Å². The van der Waals surface area contributed by atoms with Crippen molar-refractivity contribution in [2.75, 3.05) is 38.2 Å². The molecule has 310 valence electrons. The van der Waals surface area contributed by atoms with Crippen molar-refractivity contribution in [2.45, 2.75) is 96.7 Å². The first-order chi connectivity index (χ1) is 27.1. The van der Waals surface area contributed by atoms with E-state index in [9.17, 15) is 14.9 Å². The summed E-state index contributed by atoms with van der Waals surface area (Å²) in [6, 6.07) is 3.66. The fourth-order valence-electron chi connectivity index (χ4n) is 7.85. The third kappa shape index (κ3) is 7.36. The van der Waals surface area contributed by atoms with Crippen LogP contribution in [0.3, 0.4) is 0 Å². The van der Waals surface area contributed by atoms with Gasteiger partial charge >= 0.3 is 24.4 Å². The van der Waals surface area contributed by atoms with Crippen LogP contribution in [-0.4, -0.2) is 77.2 Å². The van der Waals surface area contributed by atoms with Gasteiger partial charge in [-0.1, -0.05) is 13.0 Å². The summed E-state index contributed by atoms with van der Waals surface area (Å²) < 4.78 is 102. The van der Waals surface area contributed by atoms with E-state index in [0.717, 1.165) is 18.2 Å². The number of anilines is 1. The lowest BCUT2D eigenvalue weighted by atomic mass is 9.84. The van der Waals surface area contributed by atoms with Crippen molar-refractivity contribution in [1.82, 2.24) is 20.2 Å². The second-order valence-electron chi connectivity index (χ2n) is 17.0. The largest absolute Gasteiger partial charge is 0.463 e. The van der Waals surface area contributed by atoms with Crippen LogP contribution >= 0.6 is 11.3 Å². The lowest BCUT2D eigenvalue weighted by Gasteiger charge is -2.45. The number of alkyl halides is 3. The van der Waals surface area contributed by atoms with Crippen LogP contribution in [0.4, 0.5) is 36.5 Å². The molecule has 7 rings (SSSR count). The molecule has 18 heteroatoms. The molecule has 0 radical (unpaired) electrons. The molecule has 2 aromatic heterocycles. The molecule has 0 aliphatic carbocycles. The van der Waals surface area contributed by atoms with Crippen molar-refractivity contribution in [3.63, 3.8) is 0 Å². The Morgan fingerprint density at radius 1 is 1.10 bits per heavy atom. The maximum absolute atomic E-state index is 17.6. The molecule has 0 spiro atoms. The van der Waals surface area contributed by atoms with Gasteiger partial charge in [0.1, 0.15) is 45.8 Å². The number of hydrogen-bond donors (Lipinski definition) is 2. The van der Waals surface area contributed by atoms with Crippen molar-refractivity contribution in [2.24, 2.45) is 5.41 Å². The minimum absolute atomic E-state index is 0.0538. The lowest BCUT2D eigenvalue weighted by molar-refractivity contribution is -0.137. The van der Waals surface area contributed by atoms with Crippen molar-refractivity contribution in [1.29, 1.82) is 5.26 Å². The van der Waals surface area contributed by atoms with E-state index in [0.29, 0.717) is 43.9 Å². The third-order valence-corrected chi connectivity index (χ3v) is 11.7. The number of hydrogen-bond acceptors (Lipinski definition) is 11. The number of ether oxygens (including phenoxy) is 4. The summed E-state index contributed by atoms with van der Waals surface area (Å²) in [7, 11) is 0. The molecule has 3 aliphatic rings. The third-order valence-electron chi connectivity index (χ3n) is 10.6. The van der Waals surface area contributed by atoms with Gasteiger partial charge in [-0.15, -0.1) is 11.3 Å². The van der Waals surface area contributed by atoms with E-state index in [2.05, 4.69) is 15.6 Å². The average molecular weight is 831 g/mol. The standard InChI is InChI=1S/C40H43F5N6O6S/c1-8-38(17-54-18-38)19-55-33-48-29-22(31(49-33)39-12-11-20(15-47-16-39)51(39)35(53)57-37(5,6)7)13-24(40(43,44)45)27(28(29)42)21-9-10-25(41)30-26(21)23(14-46)32(58-30)50-34(52)56-36(2,3)4/h9-10,13,20,47H,8,11-12,15-19H2,1-7H3,(H,50,52). The van der Waals surface area contributed by atoms with Crippen molar-refractivity contribution < 1.29 is 50.5 Å². The topological polar surface area (TPSA) is 148 Å². The number of rotatable bonds is 7. The van der Waals surface area contributed by atoms with E-state index in [1.54, 1.807) is 41.5 Å². The maximum Gasteiger partial charge on any atom is 0.417 e. The molecule has 2 bridgehead atoms. The number of carbonyl (C=O) groups is 2. The van der Waals surface area contributed by atoms with E-state index >= 15 is 22.0 Å². The first-order valence-electron chi connectivity index (χ1n) is 18.8. The van der Waals surface area contributed by atoms with Crippen LogP contribution in [0.2, 0.25) is 0 Å². The highest BCUT2D eigenvalue weighted by atomic mass is 32.1. The fourth-order valence-corrected chi connectivity index (χ4v) is 8.92. The Balaban J connectivity index is 1.50. The number of aromatic nitrogens is 2. The lowest BCUT2D eigenvalue weighted by Crippen LogP contribution is -2.61. The molecule has 0 saturated carbocycles. The number of halogens is 5. The Bertz CT molecular complexity index is 2350. The zero-order valence-corrected chi connectivity index (χ0v) is 33.8. The monoisotopic (exact) mass is 830 g/mol. The van der Waals surface area contributed by atoms with Crippen molar-refractivity contribution >= 4 is 49.5 Å². The minimum Gasteiger partial charge on any atom is -0.463 e. The van der Waals surface area contributed by atoms with Gasteiger partial charge in [-0.25, -0.2) is 18.4 Å². The number of benzene rings is 2. The Morgan fingerprint density at radius 2 is 1.81 bits per heavy atom. The van der Waals surface area contributed by atoms with Gasteiger partial charge in [0.25, 0.3) is 0 Å². The highest BCUT2D eigenvalue weighted by molar-refractivity contribution is 7.23. The van der Waals surface area contributed by atoms with Crippen LogP contribution in [0.15, 0.2) is 18.2 Å². The first-order valence-corrected chi connectivity index (χ1v) is 19.6. The number of carbonyl (C=O) groups excluding carboxylic acids is 2. The molecule has 2 unspecified atom stereocenters. The Kier molecular flexibility index (Phi) is 10.3. The Labute approximate surface area is 335 Å². The molecule has 3 saturated heterocycles. The fraction of sp³-hybridized carbons (Fsp3) is 0.525. The molecular formula is C40H43F5N6O6S. The summed E-state index contributed by atoms with van der Waals surface area (Å²) in [5.74, 6) is -2.36. The smallest absolute Gasteiger partial charge is 0.417 e. The maximum atomic E-state index is 17.6. The van der Waals surface area contributed by atoms with Crippen LogP contribution in [0.5, 0.6) is 6.01 Å². The highest BCUT2D eigenvalue weighted by Gasteiger charge is 2.56. The highest BCUT2D eigenvalue weighted by Crippen LogP contribution is 2.51. The number of nitrogens with one attached hydrogen (secondary N) is 2. The van der Waals surface area contributed by atoms with Crippen LogP contribution in [0.1, 0.15) is 84.5 Å². The van der Waals surface area contributed by atoms with Gasteiger partial charge in [0.2, 0.25) is 0 Å². The molecule has 4 aromatic rings.